The van der Waals surface area contributed by atoms with Crippen molar-refractivity contribution in [2.45, 2.75) is 62.0 Å². The van der Waals surface area contributed by atoms with E-state index in [1.807, 2.05) is 0 Å². The number of hydrogen-bond acceptors (Lipinski definition) is 1. The summed E-state index contributed by atoms with van der Waals surface area (Å²) >= 11 is -22.6. The van der Waals surface area contributed by atoms with Crippen molar-refractivity contribution in [3.8, 4) is 5.75 Å². The zero-order valence-electron chi connectivity index (χ0n) is 51.2. The van der Waals surface area contributed by atoms with Gasteiger partial charge in [-0.2, -0.15) is 0 Å². The molecule has 0 bridgehead atoms. The Balaban J connectivity index is 0.000000307. The molecule has 0 aliphatic carbocycles. The molecule has 99 heavy (non-hydrogen) atoms. The van der Waals surface area contributed by atoms with Gasteiger partial charge in [-0.3, -0.25) is 0 Å². The summed E-state index contributed by atoms with van der Waals surface area (Å²) in [6.07, 6.45) is 5.01. The van der Waals surface area contributed by atoms with Crippen LogP contribution in [0.2, 0.25) is 0 Å². The summed E-state index contributed by atoms with van der Waals surface area (Å²) in [5.74, 6) is 1.02. The first-order valence-corrected chi connectivity index (χ1v) is 50.7. The minimum Gasteiger partial charge on any atom is -0.0619 e. The first-order valence-electron chi connectivity index (χ1n) is 28.3. The standard InChI is InChI=1S/C18H22IO.2C18H15S.C12H10I.2F6P.12FH.2Sb/c1-2-3-4-8-14-20-18-13-9-12-17(15-18)19-16-10-6-5-7-11-16;2*1-4-10-16(11-5-1)19(17-12-6-2-7-13-17)18-14-8-3-9-15-18;1-3-7-11(8-4-1)13-12-9-5-2-6-10-12;2*1-7(2,3,4,5)6;;;;;;;;;;;;;;/h5-7,9-13,15H,2-4,8,14H2,1H3;2*1-15H;1-10H;;;12*1H;;/q4*+1;2*-1;;;;;;;;;;;;;2*+5/p-12. The molecule has 0 amide bonds. The van der Waals surface area contributed by atoms with Gasteiger partial charge in [0, 0.05) is 6.07 Å². The van der Waals surface area contributed by atoms with E-state index in [0.717, 1.165) is 18.8 Å². The van der Waals surface area contributed by atoms with Crippen molar-refractivity contribution in [2.75, 3.05) is 6.61 Å². The zero-order valence-corrected chi connectivity index (χ0v) is 64.0. The minimum absolute atomic E-state index is 0.0146. The SMILES string of the molecule is CCCCCCOc1cccc([I+]c2ccccc2)c1.F[P-](F)(F)(F)(F)F.F[P-](F)(F)(F)(F)F.[F][Sb-]([F])([F])([F])([F])[F].[F][Sb-]([F])([F])([F])([F])[F].c1ccc([I+]c2ccccc2)cc1.c1ccc([S+](c2ccccc2)c2ccccc2)cc1.c1ccc([S+](c2ccccc2)c2ccccc2)cc1. The summed E-state index contributed by atoms with van der Waals surface area (Å²) in [5, 5.41) is 0. The van der Waals surface area contributed by atoms with Gasteiger partial charge in [-0.15, -0.1) is 0 Å². The van der Waals surface area contributed by atoms with Gasteiger partial charge < -0.3 is 4.74 Å². The van der Waals surface area contributed by atoms with Crippen molar-refractivity contribution in [3.05, 3.63) is 312 Å². The third-order valence-electron chi connectivity index (χ3n) is 10.6. The van der Waals surface area contributed by atoms with Gasteiger partial charge in [0.1, 0.15) is 5.75 Å². The molecular formula is C66H62F24I2OP2S2Sb2. The quantitative estimate of drug-likeness (QED) is 0.0234. The molecule has 0 aromatic heterocycles. The summed E-state index contributed by atoms with van der Waals surface area (Å²) in [4.78, 5) is 8.17. The second kappa shape index (κ2) is 34.5. The number of ether oxygens (including phenoxy) is 1. The number of benzene rings is 10. The van der Waals surface area contributed by atoms with Gasteiger partial charge >= 0.3 is 181 Å². The van der Waals surface area contributed by atoms with Gasteiger partial charge in [-0.1, -0.05) is 196 Å². The second-order valence-electron chi connectivity index (χ2n) is 19.8. The summed E-state index contributed by atoms with van der Waals surface area (Å²) in [6, 6.07) is 105. The van der Waals surface area contributed by atoms with Crippen LogP contribution in [-0.4, -0.2) is 45.6 Å². The van der Waals surface area contributed by atoms with Crippen molar-refractivity contribution in [1.82, 2.24) is 0 Å². The van der Waals surface area contributed by atoms with Crippen molar-refractivity contribution in [3.63, 3.8) is 0 Å². The molecule has 10 aromatic carbocycles. The van der Waals surface area contributed by atoms with Crippen molar-refractivity contribution >= 4 is 76.4 Å². The largest absolute Gasteiger partial charge is 0.357 e. The van der Waals surface area contributed by atoms with Gasteiger partial charge in [0.25, 0.3) is 0 Å². The average Bonchev–Trinajstić information content (AvgIpc) is 0.810. The Kier molecular flexibility index (Phi) is 30.7. The van der Waals surface area contributed by atoms with Crippen LogP contribution < -0.4 is 47.1 Å². The van der Waals surface area contributed by atoms with Crippen molar-refractivity contribution in [1.29, 1.82) is 0 Å². The topological polar surface area (TPSA) is 9.23 Å². The maximum Gasteiger partial charge on any atom is 0.357 e. The Hall–Kier alpha value is -5.02. The van der Waals surface area contributed by atoms with E-state index >= 15 is 0 Å². The van der Waals surface area contributed by atoms with E-state index in [4.69, 9.17) is 4.74 Å². The van der Waals surface area contributed by atoms with Crippen molar-refractivity contribution < 1.29 is 131 Å². The zero-order chi connectivity index (χ0) is 74.4. The molecule has 0 saturated carbocycles. The Labute approximate surface area is 587 Å². The Morgan fingerprint density at radius 2 is 0.465 bits per heavy atom. The van der Waals surface area contributed by atoms with E-state index in [9.17, 15) is 84.1 Å². The summed E-state index contributed by atoms with van der Waals surface area (Å²) in [6.45, 7) is 3.07. The predicted molar refractivity (Wildman–Crippen MR) is 345 cm³/mol. The molecule has 0 unspecified atom stereocenters. The Bertz CT molecular complexity index is 3420. The van der Waals surface area contributed by atoms with Gasteiger partial charge in [0.2, 0.25) is 0 Å². The third kappa shape index (κ3) is 57.2. The maximum absolute atomic E-state index is 11.2. The molecule has 0 fully saturated rings. The van der Waals surface area contributed by atoms with Crippen LogP contribution in [0.1, 0.15) is 32.6 Å². The molecule has 546 valence electrons. The fourth-order valence-electron chi connectivity index (χ4n) is 7.18. The fourth-order valence-corrected chi connectivity index (χ4v) is 16.0. The number of rotatable bonds is 16. The Morgan fingerprint density at radius 1 is 0.273 bits per heavy atom. The number of hydrogen-bond donors (Lipinski definition) is 0. The maximum atomic E-state index is 9.93. The molecule has 0 saturated heterocycles. The molecule has 0 radical (unpaired) electrons. The fraction of sp³-hybridized carbons (Fsp3) is 0.0909. The summed E-state index contributed by atoms with van der Waals surface area (Å²) in [5.41, 5.74) is 0. The Morgan fingerprint density at radius 3 is 0.677 bits per heavy atom. The number of halogens is 26. The normalized spacial score (nSPS) is 14.0. The van der Waals surface area contributed by atoms with Crippen LogP contribution in [-0.2, 0) is 21.8 Å². The van der Waals surface area contributed by atoms with Crippen LogP contribution >= 0.6 is 15.6 Å². The van der Waals surface area contributed by atoms with E-state index in [2.05, 4.69) is 304 Å². The molecule has 10 aromatic rings. The number of unbranched alkanes of at least 4 members (excludes halogenated alkanes) is 3. The molecule has 1 nitrogen and oxygen atoms in total. The molecule has 0 atom stereocenters. The van der Waals surface area contributed by atoms with Crippen LogP contribution in [0.5, 0.6) is 5.75 Å². The smallest absolute Gasteiger partial charge is 0.0619 e. The first-order chi connectivity index (χ1) is 45.0. The molecule has 0 N–H and O–H groups in total. The summed E-state index contributed by atoms with van der Waals surface area (Å²) in [7, 11) is -21.3. The van der Waals surface area contributed by atoms with E-state index in [1.54, 1.807) is 0 Å². The van der Waals surface area contributed by atoms with Crippen LogP contribution in [0.3, 0.4) is 0 Å². The van der Waals surface area contributed by atoms with Gasteiger partial charge in [-0.25, -0.2) is 0 Å². The first kappa shape index (κ1) is 88.2. The monoisotopic (exact) mass is 1950 g/mol. The van der Waals surface area contributed by atoms with E-state index in [0.29, 0.717) is 0 Å². The molecule has 0 aliphatic heterocycles. The summed E-state index contributed by atoms with van der Waals surface area (Å²) < 4.78 is 249. The van der Waals surface area contributed by atoms with Crippen LogP contribution in [0.4, 0.5) is 84.1 Å². The average molecular weight is 1950 g/mol. The van der Waals surface area contributed by atoms with E-state index in [-0.39, 0.29) is 64.2 Å². The minimum atomic E-state index is -11.2. The van der Waals surface area contributed by atoms with E-state index < -0.39 is 54.6 Å². The molecule has 10 rings (SSSR count). The van der Waals surface area contributed by atoms with E-state index in [1.165, 1.54) is 62.9 Å². The van der Waals surface area contributed by atoms with Crippen LogP contribution in [0.25, 0.3) is 0 Å². The molecule has 33 heteroatoms. The van der Waals surface area contributed by atoms with Gasteiger partial charge in [-0.05, 0) is 128 Å². The molecule has 0 aliphatic rings. The van der Waals surface area contributed by atoms with Crippen LogP contribution in [0, 0.1) is 14.3 Å². The van der Waals surface area contributed by atoms with Crippen LogP contribution in [0.15, 0.2) is 327 Å². The molecule has 0 heterocycles. The van der Waals surface area contributed by atoms with Gasteiger partial charge in [0.15, 0.2) is 43.7 Å². The van der Waals surface area contributed by atoms with Crippen molar-refractivity contribution in [2.24, 2.45) is 0 Å². The predicted octanol–water partition coefficient (Wildman–Crippen LogP) is 22.2. The third-order valence-corrected chi connectivity index (χ3v) is 20.4. The second-order valence-corrected chi connectivity index (χ2v) is 44.7. The molecular weight excluding hydrogens is 1890 g/mol. The van der Waals surface area contributed by atoms with Gasteiger partial charge in [0.05, 0.1) is 28.4 Å². The molecule has 0 spiro atoms.